The highest BCUT2D eigenvalue weighted by Gasteiger charge is 2.15. The lowest BCUT2D eigenvalue weighted by molar-refractivity contribution is 0.0690. The van der Waals surface area contributed by atoms with Gasteiger partial charge in [0.15, 0.2) is 0 Å². The number of aromatic amines is 1. The van der Waals surface area contributed by atoms with E-state index in [0.29, 0.717) is 16.2 Å². The molecule has 0 atom stereocenters. The second-order valence-electron chi connectivity index (χ2n) is 3.29. The van der Waals surface area contributed by atoms with Gasteiger partial charge in [-0.2, -0.15) is 5.10 Å². The molecule has 0 bridgehead atoms. The number of aromatic carboxylic acids is 1. The van der Waals surface area contributed by atoms with Gasteiger partial charge in [-0.25, -0.2) is 9.18 Å². The van der Waals surface area contributed by atoms with Crippen molar-refractivity contribution in [1.82, 2.24) is 10.2 Å². The molecule has 1 aromatic heterocycles. The lowest BCUT2D eigenvalue weighted by Gasteiger charge is -2.04. The summed E-state index contributed by atoms with van der Waals surface area (Å²) in [7, 11) is 0. The van der Waals surface area contributed by atoms with E-state index in [1.54, 1.807) is 12.1 Å². The zero-order valence-corrected chi connectivity index (χ0v) is 9.71. The third-order valence-corrected chi connectivity index (χ3v) is 3.04. The number of thioether (sulfide) groups is 1. The topological polar surface area (TPSA) is 66.0 Å². The third-order valence-electron chi connectivity index (χ3n) is 2.26. The highest BCUT2D eigenvalue weighted by Crippen LogP contribution is 2.31. The van der Waals surface area contributed by atoms with E-state index < -0.39 is 11.8 Å². The minimum Gasteiger partial charge on any atom is -0.477 e. The van der Waals surface area contributed by atoms with Crippen molar-refractivity contribution in [2.24, 2.45) is 0 Å². The van der Waals surface area contributed by atoms with Gasteiger partial charge < -0.3 is 5.11 Å². The van der Waals surface area contributed by atoms with Gasteiger partial charge in [-0.05, 0) is 24.5 Å². The van der Waals surface area contributed by atoms with Crippen molar-refractivity contribution < 1.29 is 14.3 Å². The Bertz CT molecular complexity index is 568. The molecular formula is C11H9FN2O2S. The molecule has 2 N–H and O–H groups in total. The zero-order chi connectivity index (χ0) is 12.4. The van der Waals surface area contributed by atoms with Crippen LogP contribution >= 0.6 is 11.8 Å². The molecule has 0 amide bonds. The van der Waals surface area contributed by atoms with Crippen LogP contribution in [0, 0.1) is 5.82 Å². The van der Waals surface area contributed by atoms with E-state index in [-0.39, 0.29) is 5.69 Å². The van der Waals surface area contributed by atoms with Crippen molar-refractivity contribution >= 4 is 17.7 Å². The van der Waals surface area contributed by atoms with Gasteiger partial charge in [0.1, 0.15) is 11.5 Å². The number of aromatic nitrogens is 2. The smallest absolute Gasteiger partial charge is 0.353 e. The monoisotopic (exact) mass is 252 g/mol. The van der Waals surface area contributed by atoms with Crippen molar-refractivity contribution in [3.63, 3.8) is 0 Å². The third kappa shape index (κ3) is 2.16. The Kier molecular flexibility index (Phi) is 3.14. The molecule has 0 spiro atoms. The zero-order valence-electron chi connectivity index (χ0n) is 8.90. The molecule has 0 aliphatic heterocycles. The summed E-state index contributed by atoms with van der Waals surface area (Å²) in [6.07, 6.45) is 1.82. The molecule has 1 heterocycles. The summed E-state index contributed by atoms with van der Waals surface area (Å²) in [5.41, 5.74) is 0.559. The average Bonchev–Trinajstić information content (AvgIpc) is 2.77. The normalized spacial score (nSPS) is 10.5. The van der Waals surface area contributed by atoms with Crippen LogP contribution in [0.15, 0.2) is 29.2 Å². The molecule has 0 saturated heterocycles. The fourth-order valence-electron chi connectivity index (χ4n) is 1.48. The predicted molar refractivity (Wildman–Crippen MR) is 62.7 cm³/mol. The Balaban J connectivity index is 2.55. The summed E-state index contributed by atoms with van der Waals surface area (Å²) in [4.78, 5) is 11.4. The molecule has 88 valence electrons. The molecular weight excluding hydrogens is 243 g/mol. The molecule has 0 aliphatic rings. The van der Waals surface area contributed by atoms with Crippen molar-refractivity contribution in [1.29, 1.82) is 0 Å². The first-order chi connectivity index (χ1) is 8.13. The van der Waals surface area contributed by atoms with E-state index in [1.165, 1.54) is 23.9 Å². The highest BCUT2D eigenvalue weighted by molar-refractivity contribution is 7.98. The Morgan fingerprint density at radius 3 is 2.88 bits per heavy atom. The van der Waals surface area contributed by atoms with Crippen LogP contribution in [0.5, 0.6) is 0 Å². The number of H-pyrrole nitrogens is 1. The molecule has 2 rings (SSSR count). The van der Waals surface area contributed by atoms with Gasteiger partial charge in [0.25, 0.3) is 0 Å². The fraction of sp³-hybridized carbons (Fsp3) is 0.0909. The van der Waals surface area contributed by atoms with Gasteiger partial charge in [0, 0.05) is 4.90 Å². The van der Waals surface area contributed by atoms with Crippen LogP contribution in [0.1, 0.15) is 10.5 Å². The van der Waals surface area contributed by atoms with Crippen molar-refractivity contribution in [2.45, 2.75) is 4.90 Å². The van der Waals surface area contributed by atoms with Crippen molar-refractivity contribution in [3.8, 4) is 11.3 Å². The number of nitrogens with one attached hydrogen (secondary N) is 1. The van der Waals surface area contributed by atoms with Crippen LogP contribution in [0.4, 0.5) is 4.39 Å². The van der Waals surface area contributed by atoms with E-state index in [0.717, 1.165) is 0 Å². The minimum atomic E-state index is -1.12. The average molecular weight is 252 g/mol. The first-order valence-electron chi connectivity index (χ1n) is 4.75. The first kappa shape index (κ1) is 11.7. The maximum Gasteiger partial charge on any atom is 0.353 e. The summed E-state index contributed by atoms with van der Waals surface area (Å²) in [5.74, 6) is -1.54. The Labute approximate surface area is 101 Å². The number of rotatable bonds is 3. The molecule has 1 aromatic carbocycles. The van der Waals surface area contributed by atoms with E-state index in [1.807, 2.05) is 6.26 Å². The van der Waals surface area contributed by atoms with Gasteiger partial charge >= 0.3 is 5.97 Å². The van der Waals surface area contributed by atoms with E-state index in [2.05, 4.69) is 10.2 Å². The SMILES string of the molecule is CSc1cccc(F)c1-c1cc(C(=O)O)[nH]n1. The van der Waals surface area contributed by atoms with Crippen LogP contribution in [0.3, 0.4) is 0 Å². The number of carboxylic acid groups (broad SMARTS) is 1. The lowest BCUT2D eigenvalue weighted by Crippen LogP contribution is -1.95. The van der Waals surface area contributed by atoms with Crippen LogP contribution in [-0.4, -0.2) is 27.5 Å². The molecule has 4 nitrogen and oxygen atoms in total. The summed E-state index contributed by atoms with van der Waals surface area (Å²) < 4.78 is 13.7. The molecule has 0 unspecified atom stereocenters. The molecule has 0 radical (unpaired) electrons. The van der Waals surface area contributed by atoms with Crippen LogP contribution in [0.25, 0.3) is 11.3 Å². The number of carbonyl (C=O) groups is 1. The first-order valence-corrected chi connectivity index (χ1v) is 5.97. The summed E-state index contributed by atoms with van der Waals surface area (Å²) in [5, 5.41) is 14.9. The molecule has 0 aliphatic carbocycles. The summed E-state index contributed by atoms with van der Waals surface area (Å²) in [6.45, 7) is 0. The van der Waals surface area contributed by atoms with Crippen molar-refractivity contribution in [2.75, 3.05) is 6.26 Å². The van der Waals surface area contributed by atoms with E-state index >= 15 is 0 Å². The molecule has 17 heavy (non-hydrogen) atoms. The summed E-state index contributed by atoms with van der Waals surface area (Å²) >= 11 is 1.38. The van der Waals surface area contributed by atoms with E-state index in [4.69, 9.17) is 5.11 Å². The van der Waals surface area contributed by atoms with E-state index in [9.17, 15) is 9.18 Å². The molecule has 0 saturated carbocycles. The summed E-state index contributed by atoms with van der Waals surface area (Å²) in [6, 6.07) is 6.01. The van der Waals surface area contributed by atoms with Crippen LogP contribution < -0.4 is 0 Å². The Morgan fingerprint density at radius 2 is 2.29 bits per heavy atom. The minimum absolute atomic E-state index is 0.0599. The van der Waals surface area contributed by atoms with Gasteiger partial charge in [-0.15, -0.1) is 11.8 Å². The van der Waals surface area contributed by atoms with Gasteiger partial charge in [-0.1, -0.05) is 6.07 Å². The Hall–Kier alpha value is -1.82. The maximum absolute atomic E-state index is 13.7. The fourth-order valence-corrected chi connectivity index (χ4v) is 2.10. The highest BCUT2D eigenvalue weighted by atomic mass is 32.2. The Morgan fingerprint density at radius 1 is 1.53 bits per heavy atom. The maximum atomic E-state index is 13.7. The van der Waals surface area contributed by atoms with Gasteiger partial charge in [-0.3, -0.25) is 5.10 Å². The second-order valence-corrected chi connectivity index (χ2v) is 4.14. The largest absolute Gasteiger partial charge is 0.477 e. The number of halogens is 1. The molecule has 2 aromatic rings. The number of nitrogens with zero attached hydrogens (tertiary/aromatic N) is 1. The van der Waals surface area contributed by atoms with Crippen molar-refractivity contribution in [3.05, 3.63) is 35.8 Å². The number of hydrogen-bond donors (Lipinski definition) is 2. The predicted octanol–water partition coefficient (Wildman–Crippen LogP) is 2.64. The second kappa shape index (κ2) is 4.58. The number of hydrogen-bond acceptors (Lipinski definition) is 3. The molecule has 0 fully saturated rings. The number of benzene rings is 1. The van der Waals surface area contributed by atoms with Gasteiger partial charge in [0.2, 0.25) is 0 Å². The van der Waals surface area contributed by atoms with Crippen LogP contribution in [-0.2, 0) is 0 Å². The standard InChI is InChI=1S/C11H9FN2O2S/c1-17-9-4-2-3-6(12)10(9)7-5-8(11(15)16)14-13-7/h2-5H,1H3,(H,13,14)(H,15,16). The lowest BCUT2D eigenvalue weighted by atomic mass is 10.1. The molecule has 6 heteroatoms. The van der Waals surface area contributed by atoms with Gasteiger partial charge in [0.05, 0.1) is 11.3 Å². The van der Waals surface area contributed by atoms with Crippen LogP contribution in [0.2, 0.25) is 0 Å². The quantitative estimate of drug-likeness (QED) is 0.824. The number of carboxylic acids is 1.